The maximum atomic E-state index is 16.9. The van der Waals surface area contributed by atoms with Crippen molar-refractivity contribution < 1.29 is 23.0 Å². The van der Waals surface area contributed by atoms with Crippen LogP contribution in [-0.2, 0) is 13.1 Å². The number of ether oxygens (including phenoxy) is 1. The van der Waals surface area contributed by atoms with Crippen molar-refractivity contribution in [2.45, 2.75) is 50.9 Å². The molecular formula is C38H33F3N6O2. The molecule has 1 saturated carbocycles. The SMILES string of the molecule is C#Cc1c(F)ccc2cc(O)cc(-c3c(F)cc4c(N5CC6CCC(C5)N6)nc(OCC5(CN6Cc7cccnc7C6)CC5)nc4c3F)c12. The topological polar surface area (TPSA) is 86.6 Å². The quantitative estimate of drug-likeness (QED) is 0.204. The molecule has 2 aromatic heterocycles. The lowest BCUT2D eigenvalue weighted by Gasteiger charge is -2.34. The van der Waals surface area contributed by atoms with Crippen molar-refractivity contribution in [3.05, 3.63) is 82.9 Å². The largest absolute Gasteiger partial charge is 0.508 e. The third-order valence-electron chi connectivity index (χ3n) is 10.6. The summed E-state index contributed by atoms with van der Waals surface area (Å²) >= 11 is 0. The van der Waals surface area contributed by atoms with Crippen LogP contribution in [0.5, 0.6) is 11.8 Å². The average molecular weight is 663 g/mol. The second-order valence-electron chi connectivity index (χ2n) is 14.0. The maximum absolute atomic E-state index is 16.9. The molecule has 2 N–H and O–H groups in total. The van der Waals surface area contributed by atoms with Gasteiger partial charge in [0.05, 0.1) is 23.4 Å². The Morgan fingerprint density at radius 2 is 1.84 bits per heavy atom. The Hall–Kier alpha value is -4.92. The molecular weight excluding hydrogens is 629 g/mol. The molecule has 3 aromatic carbocycles. The van der Waals surface area contributed by atoms with Crippen LogP contribution in [0.15, 0.2) is 48.7 Å². The zero-order chi connectivity index (χ0) is 33.4. The average Bonchev–Trinajstić information content (AvgIpc) is 3.60. The van der Waals surface area contributed by atoms with Crippen LogP contribution in [-0.4, -0.2) is 63.3 Å². The number of nitrogens with zero attached hydrogens (tertiary/aromatic N) is 5. The first kappa shape index (κ1) is 30.2. The Bertz CT molecular complexity index is 2180. The summed E-state index contributed by atoms with van der Waals surface area (Å²) in [5.41, 5.74) is 1.44. The van der Waals surface area contributed by atoms with Crippen LogP contribution < -0.4 is 15.0 Å². The second kappa shape index (κ2) is 11.3. The van der Waals surface area contributed by atoms with E-state index in [0.29, 0.717) is 30.9 Å². The van der Waals surface area contributed by atoms with Crippen LogP contribution in [0.2, 0.25) is 0 Å². The number of rotatable bonds is 7. The lowest BCUT2D eigenvalue weighted by atomic mass is 9.92. The van der Waals surface area contributed by atoms with Crippen LogP contribution in [0.25, 0.3) is 32.8 Å². The minimum absolute atomic E-state index is 0.0126. The van der Waals surface area contributed by atoms with Crippen molar-refractivity contribution in [3.8, 4) is 35.2 Å². The molecule has 3 aliphatic heterocycles. The normalized spacial score (nSPS) is 20.9. The molecule has 248 valence electrons. The molecule has 2 bridgehead atoms. The van der Waals surface area contributed by atoms with Gasteiger partial charge in [0.15, 0.2) is 5.82 Å². The number of aromatic hydroxyl groups is 1. The van der Waals surface area contributed by atoms with Gasteiger partial charge in [-0.25, -0.2) is 13.2 Å². The zero-order valence-electron chi connectivity index (χ0n) is 26.6. The number of terminal acetylenes is 1. The Balaban J connectivity index is 1.13. The summed E-state index contributed by atoms with van der Waals surface area (Å²) in [5.74, 6) is -0.0970. The fourth-order valence-electron chi connectivity index (χ4n) is 8.04. The fraction of sp³-hybridized carbons (Fsp3) is 0.342. The Kier molecular flexibility index (Phi) is 6.97. The summed E-state index contributed by atoms with van der Waals surface area (Å²) < 4.78 is 54.4. The summed E-state index contributed by atoms with van der Waals surface area (Å²) in [5, 5.41) is 14.8. The molecule has 1 aliphatic carbocycles. The fourth-order valence-corrected chi connectivity index (χ4v) is 8.04. The summed E-state index contributed by atoms with van der Waals surface area (Å²) in [4.78, 5) is 18.3. The molecule has 4 aliphatic rings. The van der Waals surface area contributed by atoms with E-state index in [0.717, 1.165) is 51.0 Å². The molecule has 5 heterocycles. The van der Waals surface area contributed by atoms with Crippen molar-refractivity contribution in [1.29, 1.82) is 0 Å². The molecule has 11 heteroatoms. The first-order chi connectivity index (χ1) is 23.8. The van der Waals surface area contributed by atoms with Crippen LogP contribution in [0, 0.1) is 35.2 Å². The molecule has 9 rings (SSSR count). The summed E-state index contributed by atoms with van der Waals surface area (Å²) in [6.07, 6.45) is 11.5. The van der Waals surface area contributed by atoms with E-state index in [2.05, 4.69) is 37.1 Å². The lowest BCUT2D eigenvalue weighted by molar-refractivity contribution is 0.154. The van der Waals surface area contributed by atoms with Gasteiger partial charge in [-0.2, -0.15) is 9.97 Å². The van der Waals surface area contributed by atoms with Gasteiger partial charge in [-0.05, 0) is 67.0 Å². The molecule has 0 radical (unpaired) electrons. The van der Waals surface area contributed by atoms with Crippen molar-refractivity contribution >= 4 is 27.5 Å². The van der Waals surface area contributed by atoms with Gasteiger partial charge in [-0.15, -0.1) is 6.42 Å². The van der Waals surface area contributed by atoms with Crippen molar-refractivity contribution in [3.63, 3.8) is 0 Å². The summed E-state index contributed by atoms with van der Waals surface area (Å²) in [7, 11) is 0. The minimum Gasteiger partial charge on any atom is -0.508 e. The predicted octanol–water partition coefficient (Wildman–Crippen LogP) is 6.06. The number of phenolic OH excluding ortho intramolecular Hbond substituents is 1. The van der Waals surface area contributed by atoms with E-state index in [1.165, 1.54) is 35.9 Å². The summed E-state index contributed by atoms with van der Waals surface area (Å²) in [6, 6.07) is 11.0. The molecule has 8 nitrogen and oxygen atoms in total. The number of aromatic nitrogens is 3. The van der Waals surface area contributed by atoms with Crippen LogP contribution in [0.3, 0.4) is 0 Å². The van der Waals surface area contributed by atoms with E-state index in [1.54, 1.807) is 0 Å². The lowest BCUT2D eigenvalue weighted by Crippen LogP contribution is -2.51. The van der Waals surface area contributed by atoms with Gasteiger partial charge in [-0.1, -0.05) is 18.1 Å². The highest BCUT2D eigenvalue weighted by molar-refractivity contribution is 6.04. The second-order valence-corrected chi connectivity index (χ2v) is 14.0. The van der Waals surface area contributed by atoms with Gasteiger partial charge >= 0.3 is 6.01 Å². The highest BCUT2D eigenvalue weighted by Crippen LogP contribution is 2.48. The van der Waals surface area contributed by atoms with Crippen molar-refractivity contribution in [2.75, 3.05) is 31.1 Å². The predicted molar refractivity (Wildman–Crippen MR) is 180 cm³/mol. The number of anilines is 1. The number of phenols is 1. The maximum Gasteiger partial charge on any atom is 0.319 e. The van der Waals surface area contributed by atoms with E-state index in [4.69, 9.17) is 16.1 Å². The van der Waals surface area contributed by atoms with Gasteiger partial charge in [-0.3, -0.25) is 9.88 Å². The molecule has 49 heavy (non-hydrogen) atoms. The van der Waals surface area contributed by atoms with Crippen molar-refractivity contribution in [1.82, 2.24) is 25.2 Å². The molecule has 3 fully saturated rings. The number of piperazine rings is 1. The molecule has 2 atom stereocenters. The molecule has 2 saturated heterocycles. The standard InChI is InChI=1S/C38H33F3N6O2/c1-2-26-29(39)8-5-21-12-25(48)13-27(32(21)26)33-30(40)14-28-35(34(33)41)44-37(45-36(28)47-16-23-6-7-24(17-47)43-23)49-20-38(9-10-38)19-46-15-22-4-3-11-42-31(22)18-46/h1,3-5,8,11-14,23-24,43,48H,6-7,9-10,15-20H2. The van der Waals surface area contributed by atoms with Crippen molar-refractivity contribution in [2.24, 2.45) is 5.41 Å². The number of nitrogens with one attached hydrogen (secondary N) is 1. The molecule has 0 spiro atoms. The number of pyridine rings is 1. The minimum atomic E-state index is -0.968. The first-order valence-electron chi connectivity index (χ1n) is 16.7. The van der Waals surface area contributed by atoms with Gasteiger partial charge in [0.1, 0.15) is 28.7 Å². The third-order valence-corrected chi connectivity index (χ3v) is 10.6. The van der Waals surface area contributed by atoms with Crippen LogP contribution in [0.1, 0.15) is 42.5 Å². The Labute approximate surface area is 280 Å². The van der Waals surface area contributed by atoms with Crippen LogP contribution >= 0.6 is 0 Å². The Morgan fingerprint density at radius 3 is 2.59 bits per heavy atom. The highest BCUT2D eigenvalue weighted by atomic mass is 19.1. The van der Waals surface area contributed by atoms with E-state index < -0.39 is 23.0 Å². The van der Waals surface area contributed by atoms with E-state index in [1.807, 2.05) is 12.3 Å². The first-order valence-corrected chi connectivity index (χ1v) is 16.7. The monoisotopic (exact) mass is 662 g/mol. The number of halogens is 3. The third kappa shape index (κ3) is 5.21. The van der Waals surface area contributed by atoms with Gasteiger partial charge in [0.2, 0.25) is 0 Å². The number of hydrogen-bond donors (Lipinski definition) is 2. The summed E-state index contributed by atoms with van der Waals surface area (Å²) in [6.45, 7) is 4.05. The number of benzene rings is 3. The van der Waals surface area contributed by atoms with Gasteiger partial charge in [0, 0.05) is 72.8 Å². The van der Waals surface area contributed by atoms with E-state index in [9.17, 15) is 9.50 Å². The number of fused-ring (bicyclic) bond motifs is 5. The smallest absolute Gasteiger partial charge is 0.319 e. The molecule has 0 amide bonds. The number of hydrogen-bond acceptors (Lipinski definition) is 8. The van der Waals surface area contributed by atoms with E-state index >= 15 is 8.78 Å². The van der Waals surface area contributed by atoms with Gasteiger partial charge in [0.25, 0.3) is 0 Å². The molecule has 2 unspecified atom stereocenters. The zero-order valence-corrected chi connectivity index (χ0v) is 26.6. The highest BCUT2D eigenvalue weighted by Gasteiger charge is 2.46. The Morgan fingerprint density at radius 1 is 1.02 bits per heavy atom. The van der Waals surface area contributed by atoms with Crippen LogP contribution in [0.4, 0.5) is 19.0 Å². The van der Waals surface area contributed by atoms with Gasteiger partial charge < -0.3 is 20.1 Å². The molecule has 5 aromatic rings. The van der Waals surface area contributed by atoms with E-state index in [-0.39, 0.29) is 56.7 Å².